The Morgan fingerprint density at radius 3 is 2.88 bits per heavy atom. The van der Waals surface area contributed by atoms with Crippen molar-refractivity contribution >= 4 is 5.78 Å². The number of ether oxygens (including phenoxy) is 1. The summed E-state index contributed by atoms with van der Waals surface area (Å²) in [6, 6.07) is 5.37. The van der Waals surface area contributed by atoms with E-state index in [-0.39, 0.29) is 5.78 Å². The van der Waals surface area contributed by atoms with Crippen molar-refractivity contribution in [2.24, 2.45) is 0 Å². The first kappa shape index (κ1) is 12.1. The molecule has 82 valence electrons. The third-order valence-electron chi connectivity index (χ3n) is 2.18. The van der Waals surface area contributed by atoms with Crippen molar-refractivity contribution in [3.8, 4) is 17.6 Å². The minimum absolute atomic E-state index is 0.182. The van der Waals surface area contributed by atoms with Gasteiger partial charge in [-0.05, 0) is 31.4 Å². The zero-order chi connectivity index (χ0) is 12.0. The molecule has 0 bridgehead atoms. The predicted octanol–water partition coefficient (Wildman–Crippen LogP) is 2.63. The van der Waals surface area contributed by atoms with E-state index in [4.69, 9.17) is 4.74 Å². The Bertz CT molecular complexity index is 461. The van der Waals surface area contributed by atoms with E-state index in [1.807, 2.05) is 6.07 Å². The molecular weight excluding hydrogens is 200 g/mol. The van der Waals surface area contributed by atoms with Gasteiger partial charge in [0, 0.05) is 11.1 Å². The third kappa shape index (κ3) is 2.52. The van der Waals surface area contributed by atoms with Crippen molar-refractivity contribution in [1.82, 2.24) is 0 Å². The van der Waals surface area contributed by atoms with Gasteiger partial charge in [-0.3, -0.25) is 4.79 Å². The van der Waals surface area contributed by atoms with Crippen LogP contribution in [-0.4, -0.2) is 12.9 Å². The third-order valence-corrected chi connectivity index (χ3v) is 2.18. The number of rotatable bonds is 4. The quantitative estimate of drug-likeness (QED) is 0.333. The van der Waals surface area contributed by atoms with Crippen LogP contribution < -0.4 is 4.74 Å². The number of hydrogen-bond donors (Lipinski definition) is 0. The Morgan fingerprint density at radius 1 is 1.56 bits per heavy atom. The average molecular weight is 214 g/mol. The molecule has 2 nitrogen and oxygen atoms in total. The van der Waals surface area contributed by atoms with Crippen LogP contribution in [0.25, 0.3) is 0 Å². The molecule has 16 heavy (non-hydrogen) atoms. The molecule has 0 radical (unpaired) electrons. The second kappa shape index (κ2) is 5.77. The van der Waals surface area contributed by atoms with E-state index in [2.05, 4.69) is 18.4 Å². The zero-order valence-electron chi connectivity index (χ0n) is 9.54. The second-order valence-corrected chi connectivity index (χ2v) is 3.18. The molecule has 0 spiro atoms. The summed E-state index contributed by atoms with van der Waals surface area (Å²) in [4.78, 5) is 11.7. The van der Waals surface area contributed by atoms with E-state index in [0.29, 0.717) is 17.7 Å². The van der Waals surface area contributed by atoms with Crippen LogP contribution in [0.4, 0.5) is 0 Å². The lowest BCUT2D eigenvalue weighted by Crippen LogP contribution is -2.03. The lowest BCUT2D eigenvalue weighted by Gasteiger charge is -2.09. The lowest BCUT2D eigenvalue weighted by molar-refractivity contribution is 0.105. The van der Waals surface area contributed by atoms with Gasteiger partial charge >= 0.3 is 0 Å². The average Bonchev–Trinajstić information content (AvgIpc) is 2.30. The Morgan fingerprint density at radius 2 is 2.31 bits per heavy atom. The van der Waals surface area contributed by atoms with E-state index >= 15 is 0 Å². The second-order valence-electron chi connectivity index (χ2n) is 3.18. The predicted molar refractivity (Wildman–Crippen MR) is 64.7 cm³/mol. The number of hydrogen-bond acceptors (Lipinski definition) is 2. The summed E-state index contributed by atoms with van der Waals surface area (Å²) in [5.41, 5.74) is 1.43. The van der Waals surface area contributed by atoms with Gasteiger partial charge in [0.15, 0.2) is 0 Å². The number of benzene rings is 1. The Kier molecular flexibility index (Phi) is 4.35. The summed E-state index contributed by atoms with van der Waals surface area (Å²) in [6.07, 6.45) is 2.34. The molecule has 0 unspecified atom stereocenters. The minimum Gasteiger partial charge on any atom is -0.496 e. The number of carbonyl (C=O) groups is 1. The van der Waals surface area contributed by atoms with Crippen molar-refractivity contribution in [3.63, 3.8) is 0 Å². The van der Waals surface area contributed by atoms with Crippen LogP contribution in [0.5, 0.6) is 5.75 Å². The van der Waals surface area contributed by atoms with Crippen LogP contribution in [0.3, 0.4) is 0 Å². The molecule has 0 amide bonds. The SMILES string of the molecule is C=CCc1c(OC)cccc1C(=O)C#CC. The van der Waals surface area contributed by atoms with Gasteiger partial charge in [0.25, 0.3) is 0 Å². The summed E-state index contributed by atoms with van der Waals surface area (Å²) in [7, 11) is 1.58. The highest BCUT2D eigenvalue weighted by Crippen LogP contribution is 2.23. The fourth-order valence-electron chi connectivity index (χ4n) is 1.51. The van der Waals surface area contributed by atoms with E-state index in [9.17, 15) is 4.79 Å². The Labute approximate surface area is 95.9 Å². The van der Waals surface area contributed by atoms with Gasteiger partial charge in [-0.15, -0.1) is 6.58 Å². The van der Waals surface area contributed by atoms with E-state index in [0.717, 1.165) is 5.56 Å². The van der Waals surface area contributed by atoms with Crippen LogP contribution in [0.15, 0.2) is 30.9 Å². The Balaban J connectivity index is 3.29. The van der Waals surface area contributed by atoms with Crippen LogP contribution >= 0.6 is 0 Å². The standard InChI is InChI=1S/C14H14O2/c1-4-7-12-11(13(15)8-5-2)9-6-10-14(12)16-3/h4,6,9-10H,1,7H2,2-3H3. The minimum atomic E-state index is -0.182. The highest BCUT2D eigenvalue weighted by molar-refractivity contribution is 6.10. The van der Waals surface area contributed by atoms with Crippen LogP contribution in [0.1, 0.15) is 22.8 Å². The maximum Gasteiger partial charge on any atom is 0.236 e. The van der Waals surface area contributed by atoms with Crippen molar-refractivity contribution < 1.29 is 9.53 Å². The number of carbonyl (C=O) groups excluding carboxylic acids is 1. The first-order chi connectivity index (χ1) is 7.74. The zero-order valence-corrected chi connectivity index (χ0v) is 9.54. The largest absolute Gasteiger partial charge is 0.496 e. The summed E-state index contributed by atoms with van der Waals surface area (Å²) in [5.74, 6) is 5.66. The fraction of sp³-hybridized carbons (Fsp3) is 0.214. The molecule has 0 aliphatic carbocycles. The normalized spacial score (nSPS) is 8.88. The van der Waals surface area contributed by atoms with Crippen LogP contribution in [0, 0.1) is 11.8 Å². The first-order valence-corrected chi connectivity index (χ1v) is 4.98. The van der Waals surface area contributed by atoms with Gasteiger partial charge < -0.3 is 4.74 Å². The van der Waals surface area contributed by atoms with Gasteiger partial charge in [-0.2, -0.15) is 0 Å². The molecule has 0 aliphatic rings. The van der Waals surface area contributed by atoms with Crippen molar-refractivity contribution in [2.45, 2.75) is 13.3 Å². The fourth-order valence-corrected chi connectivity index (χ4v) is 1.51. The van der Waals surface area contributed by atoms with E-state index in [1.165, 1.54) is 0 Å². The van der Waals surface area contributed by atoms with Crippen LogP contribution in [-0.2, 0) is 6.42 Å². The van der Waals surface area contributed by atoms with Gasteiger partial charge in [0.2, 0.25) is 5.78 Å². The number of methoxy groups -OCH3 is 1. The van der Waals surface area contributed by atoms with Gasteiger partial charge in [0.05, 0.1) is 7.11 Å². The van der Waals surface area contributed by atoms with Crippen molar-refractivity contribution in [2.75, 3.05) is 7.11 Å². The molecule has 0 N–H and O–H groups in total. The van der Waals surface area contributed by atoms with E-state index < -0.39 is 0 Å². The summed E-state index contributed by atoms with van der Waals surface area (Å²) >= 11 is 0. The maximum atomic E-state index is 11.7. The smallest absolute Gasteiger partial charge is 0.236 e. The van der Waals surface area contributed by atoms with Crippen molar-refractivity contribution in [1.29, 1.82) is 0 Å². The van der Waals surface area contributed by atoms with Gasteiger partial charge in [-0.25, -0.2) is 0 Å². The molecule has 1 rings (SSSR count). The molecule has 0 saturated carbocycles. The summed E-state index contributed by atoms with van der Waals surface area (Å²) in [5, 5.41) is 0. The number of allylic oxidation sites excluding steroid dienone is 1. The molecule has 0 aromatic heterocycles. The first-order valence-electron chi connectivity index (χ1n) is 4.98. The highest BCUT2D eigenvalue weighted by atomic mass is 16.5. The monoisotopic (exact) mass is 214 g/mol. The maximum absolute atomic E-state index is 11.7. The molecule has 0 atom stereocenters. The molecule has 1 aromatic carbocycles. The number of ketones is 1. The molecular formula is C14H14O2. The van der Waals surface area contributed by atoms with Gasteiger partial charge in [-0.1, -0.05) is 18.1 Å². The molecule has 1 aromatic rings. The Hall–Kier alpha value is -2.01. The molecule has 0 heterocycles. The molecule has 0 saturated heterocycles. The summed E-state index contributed by atoms with van der Waals surface area (Å²) in [6.45, 7) is 5.32. The molecule has 2 heteroatoms. The van der Waals surface area contributed by atoms with Crippen molar-refractivity contribution in [3.05, 3.63) is 42.0 Å². The summed E-state index contributed by atoms with van der Waals surface area (Å²) < 4.78 is 5.22. The molecule has 0 fully saturated rings. The van der Waals surface area contributed by atoms with E-state index in [1.54, 1.807) is 32.2 Å². The highest BCUT2D eigenvalue weighted by Gasteiger charge is 2.12. The number of Topliss-reactive ketones (excluding diaryl/α,β-unsaturated/α-hetero) is 1. The van der Waals surface area contributed by atoms with Crippen LogP contribution in [0.2, 0.25) is 0 Å². The topological polar surface area (TPSA) is 26.3 Å². The molecule has 0 aliphatic heterocycles. The van der Waals surface area contributed by atoms with Gasteiger partial charge in [0.1, 0.15) is 5.75 Å². The lowest BCUT2D eigenvalue weighted by atomic mass is 10.00.